The number of rotatable bonds is 6. The predicted molar refractivity (Wildman–Crippen MR) is 194 cm³/mol. The fourth-order valence-electron chi connectivity index (χ4n) is 6.49. The van der Waals surface area contributed by atoms with Crippen LogP contribution >= 0.6 is 11.3 Å². The van der Waals surface area contributed by atoms with Crippen molar-refractivity contribution in [1.29, 1.82) is 0 Å². The summed E-state index contributed by atoms with van der Waals surface area (Å²) in [6.45, 7) is 0. The van der Waals surface area contributed by atoms with E-state index in [4.69, 9.17) is 0 Å². The van der Waals surface area contributed by atoms with Crippen LogP contribution < -0.4 is 0 Å². The van der Waals surface area contributed by atoms with Crippen LogP contribution in [0.5, 0.6) is 0 Å². The lowest BCUT2D eigenvalue weighted by atomic mass is 9.88. The van der Waals surface area contributed by atoms with Crippen molar-refractivity contribution in [1.82, 2.24) is 0 Å². The lowest BCUT2D eigenvalue weighted by Gasteiger charge is -2.16. The minimum atomic E-state index is 1.22. The lowest BCUT2D eigenvalue weighted by Crippen LogP contribution is -1.89. The second-order valence-corrected chi connectivity index (χ2v) is 12.2. The molecule has 0 radical (unpaired) electrons. The Bertz CT molecular complexity index is 1950. The molecular formula is C44H30S. The first-order valence-electron chi connectivity index (χ1n) is 15.4. The molecule has 0 atom stereocenters. The van der Waals surface area contributed by atoms with Crippen molar-refractivity contribution in [2.45, 2.75) is 0 Å². The Morgan fingerprint density at radius 1 is 0.244 bits per heavy atom. The lowest BCUT2D eigenvalue weighted by molar-refractivity contribution is 1.59. The first kappa shape index (κ1) is 27.1. The van der Waals surface area contributed by atoms with Crippen molar-refractivity contribution in [3.63, 3.8) is 0 Å². The van der Waals surface area contributed by atoms with Gasteiger partial charge in [0, 0.05) is 31.7 Å². The average Bonchev–Trinajstić information content (AvgIpc) is 3.51. The van der Waals surface area contributed by atoms with Gasteiger partial charge in [0.15, 0.2) is 0 Å². The van der Waals surface area contributed by atoms with E-state index in [1.807, 2.05) is 11.3 Å². The minimum Gasteiger partial charge on any atom is -0.134 e. The van der Waals surface area contributed by atoms with Crippen LogP contribution in [0, 0.1) is 0 Å². The quantitative estimate of drug-likeness (QED) is 0.181. The maximum Gasteiger partial charge on any atom is 0.0440 e. The van der Waals surface area contributed by atoms with Gasteiger partial charge in [0.05, 0.1) is 0 Å². The van der Waals surface area contributed by atoms with E-state index in [2.05, 4.69) is 182 Å². The second kappa shape index (κ2) is 11.9. The summed E-state index contributed by atoms with van der Waals surface area (Å²) >= 11 is 1.91. The van der Waals surface area contributed by atoms with Crippen LogP contribution in [-0.4, -0.2) is 0 Å². The van der Waals surface area contributed by atoms with E-state index in [0.717, 1.165) is 0 Å². The molecule has 0 amide bonds. The van der Waals surface area contributed by atoms with Crippen molar-refractivity contribution >= 4 is 22.1 Å². The Kier molecular flexibility index (Phi) is 7.15. The molecule has 0 saturated heterocycles. The first-order valence-corrected chi connectivity index (χ1v) is 16.2. The molecule has 0 aliphatic rings. The van der Waals surface area contributed by atoms with Crippen molar-refractivity contribution < 1.29 is 0 Å². The molecule has 0 fully saturated rings. The van der Waals surface area contributed by atoms with Gasteiger partial charge in [0.2, 0.25) is 0 Å². The molecule has 8 rings (SSSR count). The van der Waals surface area contributed by atoms with Gasteiger partial charge in [-0.25, -0.2) is 0 Å². The Morgan fingerprint density at radius 2 is 0.511 bits per heavy atom. The molecule has 0 saturated carbocycles. The highest BCUT2D eigenvalue weighted by Gasteiger charge is 2.24. The largest absolute Gasteiger partial charge is 0.134 e. The topological polar surface area (TPSA) is 0 Å². The normalized spacial score (nSPS) is 11.1. The van der Waals surface area contributed by atoms with Crippen molar-refractivity contribution in [3.8, 4) is 65.4 Å². The highest BCUT2D eigenvalue weighted by molar-refractivity contribution is 7.21. The molecule has 0 aliphatic carbocycles. The molecule has 0 N–H and O–H groups in total. The van der Waals surface area contributed by atoms with Crippen molar-refractivity contribution in [2.24, 2.45) is 0 Å². The van der Waals surface area contributed by atoms with E-state index >= 15 is 0 Å². The molecule has 7 aromatic carbocycles. The van der Waals surface area contributed by atoms with E-state index in [0.29, 0.717) is 0 Å². The SMILES string of the molecule is c1ccc(-c2cccc(-c3ccccc3)c2-c2sc(-c3c(-c4ccccc4)cccc3-c3ccccc3)c3ccccc23)cc1. The van der Waals surface area contributed by atoms with E-state index in [1.54, 1.807) is 0 Å². The highest BCUT2D eigenvalue weighted by Crippen LogP contribution is 2.53. The summed E-state index contributed by atoms with van der Waals surface area (Å²) in [6.07, 6.45) is 0. The predicted octanol–water partition coefficient (Wildman–Crippen LogP) is 12.9. The Hall–Kier alpha value is -5.50. The van der Waals surface area contributed by atoms with Gasteiger partial charge >= 0.3 is 0 Å². The molecule has 212 valence electrons. The van der Waals surface area contributed by atoms with Gasteiger partial charge < -0.3 is 0 Å². The Morgan fingerprint density at radius 3 is 0.800 bits per heavy atom. The first-order chi connectivity index (χ1) is 22.4. The molecule has 1 aromatic heterocycles. The molecule has 1 heteroatoms. The van der Waals surface area contributed by atoms with E-state index in [9.17, 15) is 0 Å². The Balaban J connectivity index is 1.48. The number of hydrogen-bond acceptors (Lipinski definition) is 1. The fraction of sp³-hybridized carbons (Fsp3) is 0. The third-order valence-electron chi connectivity index (χ3n) is 8.54. The molecule has 0 nitrogen and oxygen atoms in total. The summed E-state index contributed by atoms with van der Waals surface area (Å²) in [7, 11) is 0. The van der Waals surface area contributed by atoms with Crippen LogP contribution in [0.25, 0.3) is 76.2 Å². The van der Waals surface area contributed by atoms with Gasteiger partial charge in [0.25, 0.3) is 0 Å². The van der Waals surface area contributed by atoms with E-state index < -0.39 is 0 Å². The minimum absolute atomic E-state index is 1.22. The zero-order valence-corrected chi connectivity index (χ0v) is 25.5. The van der Waals surface area contributed by atoms with Gasteiger partial charge in [-0.15, -0.1) is 11.3 Å². The summed E-state index contributed by atoms with van der Waals surface area (Å²) in [5.74, 6) is 0. The molecule has 45 heavy (non-hydrogen) atoms. The zero-order valence-electron chi connectivity index (χ0n) is 24.7. The number of hydrogen-bond donors (Lipinski definition) is 0. The monoisotopic (exact) mass is 590 g/mol. The standard InChI is InChI=1S/C44H30S/c1-5-17-31(18-6-1)35-27-15-28-36(32-19-7-2-8-20-32)41(35)43-39-25-13-14-26-40(39)44(45-43)42-37(33-21-9-3-10-22-33)29-16-30-38(42)34-23-11-4-12-24-34/h1-30H. The number of fused-ring (bicyclic) bond motifs is 1. The summed E-state index contributed by atoms with van der Waals surface area (Å²) in [4.78, 5) is 2.58. The van der Waals surface area contributed by atoms with Gasteiger partial charge in [-0.3, -0.25) is 0 Å². The fourth-order valence-corrected chi connectivity index (χ4v) is 7.91. The molecule has 0 aliphatic heterocycles. The number of thiophene rings is 1. The molecule has 1 heterocycles. The van der Waals surface area contributed by atoms with Crippen LogP contribution in [0.4, 0.5) is 0 Å². The van der Waals surface area contributed by atoms with Crippen LogP contribution in [0.3, 0.4) is 0 Å². The van der Waals surface area contributed by atoms with E-state index in [-0.39, 0.29) is 0 Å². The summed E-state index contributed by atoms with van der Waals surface area (Å²) in [5.41, 5.74) is 12.4. The molecule has 0 spiro atoms. The second-order valence-electron chi connectivity index (χ2n) is 11.2. The number of benzene rings is 7. The van der Waals surface area contributed by atoms with Crippen LogP contribution in [0.15, 0.2) is 182 Å². The summed E-state index contributed by atoms with van der Waals surface area (Å²) in [5, 5.41) is 2.56. The van der Waals surface area contributed by atoms with Gasteiger partial charge in [-0.2, -0.15) is 0 Å². The van der Waals surface area contributed by atoms with E-state index in [1.165, 1.54) is 76.2 Å². The molecule has 8 aromatic rings. The maximum atomic E-state index is 2.30. The third-order valence-corrected chi connectivity index (χ3v) is 9.80. The molecule has 0 bridgehead atoms. The van der Waals surface area contributed by atoms with Crippen molar-refractivity contribution in [2.75, 3.05) is 0 Å². The van der Waals surface area contributed by atoms with Crippen LogP contribution in [0.2, 0.25) is 0 Å². The van der Waals surface area contributed by atoms with Gasteiger partial charge in [-0.1, -0.05) is 182 Å². The highest BCUT2D eigenvalue weighted by atomic mass is 32.1. The zero-order chi connectivity index (χ0) is 30.0. The van der Waals surface area contributed by atoms with Crippen LogP contribution in [0.1, 0.15) is 0 Å². The van der Waals surface area contributed by atoms with Crippen LogP contribution in [-0.2, 0) is 0 Å². The summed E-state index contributed by atoms with van der Waals surface area (Å²) in [6, 6.07) is 65.7. The summed E-state index contributed by atoms with van der Waals surface area (Å²) < 4.78 is 0. The van der Waals surface area contributed by atoms with Gasteiger partial charge in [0.1, 0.15) is 0 Å². The van der Waals surface area contributed by atoms with Crippen molar-refractivity contribution in [3.05, 3.63) is 182 Å². The third kappa shape index (κ3) is 4.98. The maximum absolute atomic E-state index is 2.30. The molecular weight excluding hydrogens is 561 g/mol. The smallest absolute Gasteiger partial charge is 0.0440 e. The average molecular weight is 591 g/mol. The molecule has 0 unspecified atom stereocenters. The Labute approximate surface area is 268 Å². The van der Waals surface area contributed by atoms with Gasteiger partial charge in [-0.05, 0) is 44.5 Å².